The predicted molar refractivity (Wildman–Crippen MR) is 252 cm³/mol. The van der Waals surface area contributed by atoms with Crippen molar-refractivity contribution in [2.45, 2.75) is 169 Å². The molecule has 1 aromatic carbocycles. The Morgan fingerprint density at radius 3 is 2.00 bits per heavy atom. The fraction of sp³-hybridized carbons (Fsp3) is 0.720. The number of carbonyl (C=O) groups excluding carboxylic acids is 8. The smallest absolute Gasteiger partial charge is 0.329 e. The third kappa shape index (κ3) is 13.6. The Bertz CT molecular complexity index is 1960. The summed E-state index contributed by atoms with van der Waals surface area (Å²) in [5.74, 6) is -7.29. The maximum atomic E-state index is 14.8. The molecular formula is C50H78N6O12. The van der Waals surface area contributed by atoms with Gasteiger partial charge in [-0.1, -0.05) is 73.9 Å². The highest BCUT2D eigenvalue weighted by atomic mass is 16.6. The summed E-state index contributed by atoms with van der Waals surface area (Å²) < 4.78 is 17.3. The minimum atomic E-state index is -1.54. The van der Waals surface area contributed by atoms with E-state index in [0.717, 1.165) is 0 Å². The number of hydrogen-bond acceptors (Lipinski definition) is 13. The van der Waals surface area contributed by atoms with Crippen LogP contribution in [0.3, 0.4) is 0 Å². The van der Waals surface area contributed by atoms with Crippen molar-refractivity contribution in [1.82, 2.24) is 30.2 Å². The van der Waals surface area contributed by atoms with Crippen LogP contribution in [0, 0.1) is 29.6 Å². The van der Waals surface area contributed by atoms with Gasteiger partial charge in [0.05, 0.1) is 44.3 Å². The molecular weight excluding hydrogens is 877 g/mol. The van der Waals surface area contributed by atoms with Crippen molar-refractivity contribution in [3.63, 3.8) is 0 Å². The number of hydrogen-bond donors (Lipinski definition) is 3. The van der Waals surface area contributed by atoms with Crippen LogP contribution in [0.5, 0.6) is 5.75 Å². The zero-order valence-corrected chi connectivity index (χ0v) is 42.5. The van der Waals surface area contributed by atoms with E-state index >= 15 is 0 Å². The van der Waals surface area contributed by atoms with E-state index in [2.05, 4.69) is 10.6 Å². The first-order chi connectivity index (χ1) is 31.9. The fourth-order valence-electron chi connectivity index (χ4n) is 9.41. The number of nitrogens with zero attached hydrogens (tertiary/aromatic N) is 4. The van der Waals surface area contributed by atoms with Gasteiger partial charge in [0.25, 0.3) is 0 Å². The molecule has 1 aromatic rings. The van der Waals surface area contributed by atoms with Crippen molar-refractivity contribution >= 4 is 47.3 Å². The number of amides is 5. The van der Waals surface area contributed by atoms with Gasteiger partial charge in [0.2, 0.25) is 29.5 Å². The highest BCUT2D eigenvalue weighted by Gasteiger charge is 2.48. The summed E-state index contributed by atoms with van der Waals surface area (Å²) in [5, 5.41) is 17.4. The Morgan fingerprint density at radius 1 is 0.794 bits per heavy atom. The second-order valence-electron chi connectivity index (χ2n) is 20.3. The highest BCUT2D eigenvalue weighted by molar-refractivity contribution is 6.05. The van der Waals surface area contributed by atoms with Crippen molar-refractivity contribution in [2.24, 2.45) is 29.6 Å². The number of rotatable bonds is 11. The van der Waals surface area contributed by atoms with Crippen LogP contribution in [0.1, 0.15) is 113 Å². The van der Waals surface area contributed by atoms with E-state index in [1.54, 1.807) is 52.1 Å². The van der Waals surface area contributed by atoms with Crippen molar-refractivity contribution in [2.75, 3.05) is 34.4 Å². The topological polar surface area (TPSA) is 221 Å². The first-order valence-electron chi connectivity index (χ1n) is 24.3. The number of benzene rings is 1. The normalized spacial score (nSPS) is 29.9. The molecule has 0 aromatic heterocycles. The molecule has 18 heteroatoms. The zero-order valence-electron chi connectivity index (χ0n) is 42.5. The molecule has 3 fully saturated rings. The molecule has 0 bridgehead atoms. The summed E-state index contributed by atoms with van der Waals surface area (Å²) in [7, 11) is 4.75. The third-order valence-corrected chi connectivity index (χ3v) is 13.7. The minimum Gasteiger partial charge on any atom is -0.497 e. The van der Waals surface area contributed by atoms with Crippen LogP contribution in [0.2, 0.25) is 0 Å². The van der Waals surface area contributed by atoms with E-state index in [1.165, 1.54) is 42.7 Å². The number of fused-ring (bicyclic) bond motifs is 1. The number of carbonyl (C=O) groups is 8. The van der Waals surface area contributed by atoms with Crippen molar-refractivity contribution < 1.29 is 57.7 Å². The van der Waals surface area contributed by atoms with Gasteiger partial charge in [-0.05, 0) is 87.9 Å². The number of likely N-dealkylation sites (N-methyl/N-ethyl adjacent to an activating group) is 2. The van der Waals surface area contributed by atoms with Gasteiger partial charge in [0.15, 0.2) is 11.9 Å². The van der Waals surface area contributed by atoms with Gasteiger partial charge in [0, 0.05) is 20.0 Å². The average Bonchev–Trinajstić information content (AvgIpc) is 3.87. The SMILES string of the molecule is CC[C@H](C)[C@H]1NC(=O)[C@@H](N2CN(C)[C@@H](CC(C)C)C2=O)[C@@H](C)OC(=O)[C@H](Cc2ccc(OC)cc2)N(C)C(=O)[C@@H]2CCCN2C(=O)[C@H](CC(C)C)NC(=O)[C@@H](C)C(=O)[C@H](C(C)C)OC(=O)C[C@@H]1O. The number of aliphatic hydroxyl groups excluding tert-OH is 1. The van der Waals surface area contributed by atoms with E-state index in [0.29, 0.717) is 30.6 Å². The summed E-state index contributed by atoms with van der Waals surface area (Å²) in [6, 6.07) is 0.392. The Labute approximate surface area is 402 Å². The number of Topliss-reactive ketones (excluding diaryl/α,β-unsaturated/α-hetero) is 1. The van der Waals surface area contributed by atoms with Crippen molar-refractivity contribution in [3.05, 3.63) is 29.8 Å². The number of nitrogens with one attached hydrogen (secondary N) is 2. The second kappa shape index (κ2) is 24.4. The Kier molecular flexibility index (Phi) is 20.0. The van der Waals surface area contributed by atoms with Crippen LogP contribution < -0.4 is 15.4 Å². The van der Waals surface area contributed by atoms with Gasteiger partial charge < -0.3 is 44.7 Å². The molecule has 0 unspecified atom stereocenters. The fourth-order valence-corrected chi connectivity index (χ4v) is 9.41. The van der Waals surface area contributed by atoms with E-state index in [1.807, 2.05) is 39.5 Å². The molecule has 380 valence electrons. The van der Waals surface area contributed by atoms with Crippen LogP contribution in [-0.2, 0) is 54.3 Å². The summed E-state index contributed by atoms with van der Waals surface area (Å²) >= 11 is 0. The zero-order chi connectivity index (χ0) is 50.9. The van der Waals surface area contributed by atoms with Crippen LogP contribution in [0.15, 0.2) is 24.3 Å². The van der Waals surface area contributed by atoms with Gasteiger partial charge in [-0.15, -0.1) is 0 Å². The molecule has 0 spiro atoms. The van der Waals surface area contributed by atoms with E-state index in [4.69, 9.17) is 14.2 Å². The average molecular weight is 955 g/mol. The molecule has 3 aliphatic rings. The molecule has 3 aliphatic heterocycles. The lowest BCUT2D eigenvalue weighted by Gasteiger charge is -2.37. The Hall–Kier alpha value is -5.10. The summed E-state index contributed by atoms with van der Waals surface area (Å²) in [6.45, 7) is 17.7. The summed E-state index contributed by atoms with van der Waals surface area (Å²) in [4.78, 5) is 121. The van der Waals surface area contributed by atoms with E-state index in [9.17, 15) is 43.5 Å². The largest absolute Gasteiger partial charge is 0.497 e. The van der Waals surface area contributed by atoms with Crippen LogP contribution >= 0.6 is 0 Å². The van der Waals surface area contributed by atoms with Gasteiger partial charge >= 0.3 is 11.9 Å². The Balaban J connectivity index is 1.88. The maximum absolute atomic E-state index is 14.8. The maximum Gasteiger partial charge on any atom is 0.329 e. The van der Waals surface area contributed by atoms with E-state index < -0.39 is 120 Å². The monoisotopic (exact) mass is 955 g/mol. The third-order valence-electron chi connectivity index (χ3n) is 13.7. The van der Waals surface area contributed by atoms with Crippen molar-refractivity contribution in [3.8, 4) is 5.75 Å². The summed E-state index contributed by atoms with van der Waals surface area (Å²) in [6.07, 6.45) is -3.09. The van der Waals surface area contributed by atoms with Crippen LogP contribution in [-0.4, -0.2) is 161 Å². The van der Waals surface area contributed by atoms with Gasteiger partial charge in [-0.25, -0.2) is 4.79 Å². The standard InChI is InChI=1S/C50H78N6O12/c1-14-30(8)41-39(57)25-40(58)68-44(29(6)7)43(59)31(9)45(60)51-35(22-27(2)3)47(62)55-21-15-16-36(55)48(63)54(12)38(24-33-17-19-34(66-13)20-18-33)50(65)67-32(10)42(46(61)52-41)56-26-53(11)37(49(56)64)23-28(4)5/h17-20,27-32,35-39,41-42,44,57H,14-16,21-26H2,1-13H3,(H,51,60)(H,52,61)/t30-,31-,32+,35-,36-,37-,38-,39-,41+,42-,44-/m0/s1. The molecule has 4 rings (SSSR count). The first kappa shape index (κ1) is 55.5. The van der Waals surface area contributed by atoms with Gasteiger partial charge in [-0.2, -0.15) is 0 Å². The number of ether oxygens (including phenoxy) is 3. The first-order valence-corrected chi connectivity index (χ1v) is 24.3. The molecule has 0 aliphatic carbocycles. The number of methoxy groups -OCH3 is 1. The number of aliphatic hydroxyl groups is 1. The highest BCUT2D eigenvalue weighted by Crippen LogP contribution is 2.28. The van der Waals surface area contributed by atoms with Gasteiger partial charge in [-0.3, -0.25) is 38.5 Å². The molecule has 0 radical (unpaired) electrons. The molecule has 68 heavy (non-hydrogen) atoms. The molecule has 11 atom stereocenters. The molecule has 3 N–H and O–H groups in total. The predicted octanol–water partition coefficient (Wildman–Crippen LogP) is 3.10. The molecule has 0 saturated carbocycles. The number of esters is 2. The van der Waals surface area contributed by atoms with Crippen LogP contribution in [0.4, 0.5) is 0 Å². The summed E-state index contributed by atoms with van der Waals surface area (Å²) in [5.41, 5.74) is 0.644. The van der Waals surface area contributed by atoms with Crippen LogP contribution in [0.25, 0.3) is 0 Å². The second-order valence-corrected chi connectivity index (χ2v) is 20.3. The molecule has 3 saturated heterocycles. The molecule has 3 heterocycles. The number of ketones is 1. The lowest BCUT2D eigenvalue weighted by Crippen LogP contribution is -2.60. The number of cyclic esters (lactones) is 2. The van der Waals surface area contributed by atoms with E-state index in [-0.39, 0.29) is 50.2 Å². The quantitative estimate of drug-likeness (QED) is 0.215. The van der Waals surface area contributed by atoms with Gasteiger partial charge in [0.1, 0.15) is 36.0 Å². The Morgan fingerprint density at radius 2 is 1.43 bits per heavy atom. The molecule has 5 amide bonds. The van der Waals surface area contributed by atoms with Crippen molar-refractivity contribution in [1.29, 1.82) is 0 Å². The lowest BCUT2D eigenvalue weighted by molar-refractivity contribution is -0.165. The minimum absolute atomic E-state index is 0.0104. The molecule has 18 nitrogen and oxygen atoms in total. The lowest BCUT2D eigenvalue weighted by atomic mass is 9.91.